The van der Waals surface area contributed by atoms with Crippen molar-refractivity contribution in [2.24, 2.45) is 0 Å². The molecule has 0 saturated heterocycles. The third kappa shape index (κ3) is 61.7. The molecule has 0 fully saturated rings. The average Bonchev–Trinajstić information content (AvgIpc) is 3.41. The molecule has 0 bridgehead atoms. The number of nitrogens with one attached hydrogen (secondary N) is 1. The van der Waals surface area contributed by atoms with E-state index in [4.69, 9.17) is 4.74 Å². The Morgan fingerprint density at radius 3 is 0.947 bits per heavy atom. The van der Waals surface area contributed by atoms with Crippen molar-refractivity contribution in [3.05, 3.63) is 12.2 Å². The summed E-state index contributed by atoms with van der Waals surface area (Å²) in [4.78, 5) is 24.6. The van der Waals surface area contributed by atoms with E-state index >= 15 is 0 Å². The molecule has 0 heterocycles. The van der Waals surface area contributed by atoms with Gasteiger partial charge in [-0.2, -0.15) is 0 Å². The van der Waals surface area contributed by atoms with E-state index in [1.54, 1.807) is 0 Å². The number of hydrogen-bond acceptors (Lipinski definition) is 5. The van der Waals surface area contributed by atoms with Crippen molar-refractivity contribution in [3.63, 3.8) is 0 Å². The first-order valence-electron chi connectivity index (χ1n) is 34.4. The molecule has 446 valence electrons. The summed E-state index contributed by atoms with van der Waals surface area (Å²) in [5, 5.41) is 23.4. The molecule has 0 aromatic heterocycles. The fraction of sp³-hybridized carbons (Fsp3) is 0.942. The van der Waals surface area contributed by atoms with Crippen LogP contribution in [0.3, 0.4) is 0 Å². The minimum absolute atomic E-state index is 0.0114. The number of amides is 1. The van der Waals surface area contributed by atoms with E-state index in [0.717, 1.165) is 38.5 Å². The Kier molecular flexibility index (Phi) is 63.9. The van der Waals surface area contributed by atoms with Crippen LogP contribution in [-0.4, -0.2) is 47.4 Å². The maximum Gasteiger partial charge on any atom is 0.305 e. The molecule has 0 aromatic rings. The van der Waals surface area contributed by atoms with E-state index in [2.05, 4.69) is 31.3 Å². The highest BCUT2D eigenvalue weighted by Gasteiger charge is 2.20. The molecule has 0 rings (SSSR count). The Labute approximate surface area is 469 Å². The normalized spacial score (nSPS) is 12.5. The molecule has 0 spiro atoms. The van der Waals surface area contributed by atoms with Gasteiger partial charge < -0.3 is 20.3 Å². The molecule has 75 heavy (non-hydrogen) atoms. The number of carbonyl (C=O) groups is 2. The van der Waals surface area contributed by atoms with Crippen molar-refractivity contribution in [2.45, 2.75) is 405 Å². The molecule has 0 aliphatic heterocycles. The third-order valence-electron chi connectivity index (χ3n) is 16.3. The summed E-state index contributed by atoms with van der Waals surface area (Å²) in [5.41, 5.74) is 0. The number of carbonyl (C=O) groups excluding carboxylic acids is 2. The number of allylic oxidation sites excluding steroid dienone is 2. The molecule has 0 aliphatic carbocycles. The van der Waals surface area contributed by atoms with E-state index < -0.39 is 12.1 Å². The zero-order valence-electron chi connectivity index (χ0n) is 51.1. The minimum Gasteiger partial charge on any atom is -0.466 e. The second kappa shape index (κ2) is 65.1. The fourth-order valence-electron chi connectivity index (χ4n) is 11.1. The predicted molar refractivity (Wildman–Crippen MR) is 329 cm³/mol. The molecule has 0 saturated carbocycles. The Morgan fingerprint density at radius 1 is 0.360 bits per heavy atom. The second-order valence-electron chi connectivity index (χ2n) is 23.9. The molecule has 3 N–H and O–H groups in total. The number of ether oxygens (including phenoxy) is 1. The molecule has 0 radical (unpaired) electrons. The Hall–Kier alpha value is -1.40. The number of aliphatic hydroxyl groups excluding tert-OH is 2. The molecule has 2 atom stereocenters. The number of esters is 1. The third-order valence-corrected chi connectivity index (χ3v) is 16.3. The van der Waals surface area contributed by atoms with Crippen molar-refractivity contribution >= 4 is 11.9 Å². The molecular weight excluding hydrogens is 923 g/mol. The van der Waals surface area contributed by atoms with E-state index in [9.17, 15) is 19.8 Å². The van der Waals surface area contributed by atoms with Crippen LogP contribution in [-0.2, 0) is 14.3 Å². The minimum atomic E-state index is -0.670. The maximum absolute atomic E-state index is 12.5. The van der Waals surface area contributed by atoms with Crippen LogP contribution in [0.2, 0.25) is 0 Å². The lowest BCUT2D eigenvalue weighted by molar-refractivity contribution is -0.143. The Bertz CT molecular complexity index is 1130. The smallest absolute Gasteiger partial charge is 0.305 e. The first-order chi connectivity index (χ1) is 37.0. The van der Waals surface area contributed by atoms with Gasteiger partial charge in [-0.1, -0.05) is 341 Å². The summed E-state index contributed by atoms with van der Waals surface area (Å²) in [6, 6.07) is -0.548. The standard InChI is InChI=1S/C69H135NO5/c1-3-5-7-9-11-13-15-17-19-21-22-23-26-30-33-37-41-45-49-53-57-61-67(72)66(65-71)70-68(73)62-58-54-50-46-42-38-34-31-27-24-25-28-32-36-40-44-48-52-56-60-64-75-69(74)63-59-55-51-47-43-39-35-29-20-18-16-14-12-10-8-6-4-2/h24,27,66-67,71-72H,3-23,25-26,28-65H2,1-2H3,(H,70,73)/b27-24-. The van der Waals surface area contributed by atoms with Gasteiger partial charge in [0.2, 0.25) is 5.91 Å². The fourth-order valence-corrected chi connectivity index (χ4v) is 11.1. The molecule has 0 aromatic carbocycles. The van der Waals surface area contributed by atoms with Crippen LogP contribution in [0.15, 0.2) is 12.2 Å². The van der Waals surface area contributed by atoms with Gasteiger partial charge in [0.1, 0.15) is 0 Å². The summed E-state index contributed by atoms with van der Waals surface area (Å²) in [6.07, 6.45) is 79.6. The highest BCUT2D eigenvalue weighted by Crippen LogP contribution is 2.19. The molecular formula is C69H135NO5. The number of aliphatic hydroxyl groups is 2. The quantitative estimate of drug-likeness (QED) is 0.0320. The van der Waals surface area contributed by atoms with Gasteiger partial charge in [-0.25, -0.2) is 0 Å². The number of hydrogen-bond donors (Lipinski definition) is 3. The maximum atomic E-state index is 12.5. The highest BCUT2D eigenvalue weighted by atomic mass is 16.5. The SMILES string of the molecule is CCCCCCCCCCCCCCCCCCCCCCCC(O)C(CO)NC(=O)CCCCCCCCC/C=C\CCCCCCCCCCCOC(=O)CCCCCCCCCCCCCCCCCCC. The summed E-state index contributed by atoms with van der Waals surface area (Å²) in [7, 11) is 0. The predicted octanol–water partition coefficient (Wildman–Crippen LogP) is 22.0. The Balaban J connectivity index is 3.41. The molecule has 1 amide bonds. The van der Waals surface area contributed by atoms with E-state index in [1.807, 2.05) is 0 Å². The van der Waals surface area contributed by atoms with E-state index in [1.165, 1.54) is 321 Å². The van der Waals surface area contributed by atoms with Crippen LogP contribution < -0.4 is 5.32 Å². The summed E-state index contributed by atoms with van der Waals surface area (Å²) in [5.74, 6) is -0.0275. The van der Waals surface area contributed by atoms with Crippen molar-refractivity contribution in [1.82, 2.24) is 5.32 Å². The molecule has 6 nitrogen and oxygen atoms in total. The van der Waals surface area contributed by atoms with Gasteiger partial charge in [-0.3, -0.25) is 9.59 Å². The van der Waals surface area contributed by atoms with Gasteiger partial charge >= 0.3 is 5.97 Å². The van der Waals surface area contributed by atoms with Crippen LogP contribution in [0.5, 0.6) is 0 Å². The zero-order valence-corrected chi connectivity index (χ0v) is 51.1. The van der Waals surface area contributed by atoms with Crippen LogP contribution in [0, 0.1) is 0 Å². The second-order valence-corrected chi connectivity index (χ2v) is 23.9. The van der Waals surface area contributed by atoms with Gasteiger partial charge in [0.15, 0.2) is 0 Å². The summed E-state index contributed by atoms with van der Waals surface area (Å²) < 4.78 is 5.50. The van der Waals surface area contributed by atoms with Crippen LogP contribution in [0.4, 0.5) is 0 Å². The molecule has 0 aliphatic rings. The average molecular weight is 1060 g/mol. The topological polar surface area (TPSA) is 95.9 Å². The van der Waals surface area contributed by atoms with Crippen molar-refractivity contribution < 1.29 is 24.5 Å². The van der Waals surface area contributed by atoms with Gasteiger partial charge in [0.25, 0.3) is 0 Å². The van der Waals surface area contributed by atoms with Gasteiger partial charge in [-0.15, -0.1) is 0 Å². The first-order valence-corrected chi connectivity index (χ1v) is 34.4. The van der Waals surface area contributed by atoms with Crippen LogP contribution in [0.25, 0.3) is 0 Å². The monoisotopic (exact) mass is 1060 g/mol. The van der Waals surface area contributed by atoms with Crippen molar-refractivity contribution in [3.8, 4) is 0 Å². The lowest BCUT2D eigenvalue weighted by Crippen LogP contribution is -2.45. The largest absolute Gasteiger partial charge is 0.466 e. The van der Waals surface area contributed by atoms with Crippen LogP contribution in [0.1, 0.15) is 393 Å². The van der Waals surface area contributed by atoms with E-state index in [-0.39, 0.29) is 18.5 Å². The summed E-state index contributed by atoms with van der Waals surface area (Å²) in [6.45, 7) is 4.99. The number of rotatable bonds is 65. The lowest BCUT2D eigenvalue weighted by Gasteiger charge is -2.22. The zero-order chi connectivity index (χ0) is 54.3. The molecule has 2 unspecified atom stereocenters. The van der Waals surface area contributed by atoms with E-state index in [0.29, 0.717) is 25.9 Å². The number of unbranched alkanes of at least 4 members (excludes halogenated alkanes) is 52. The van der Waals surface area contributed by atoms with Crippen LogP contribution >= 0.6 is 0 Å². The van der Waals surface area contributed by atoms with Crippen molar-refractivity contribution in [1.29, 1.82) is 0 Å². The lowest BCUT2D eigenvalue weighted by atomic mass is 10.0. The van der Waals surface area contributed by atoms with Crippen molar-refractivity contribution in [2.75, 3.05) is 13.2 Å². The molecule has 6 heteroatoms. The highest BCUT2D eigenvalue weighted by molar-refractivity contribution is 5.76. The Morgan fingerprint density at radius 2 is 0.627 bits per heavy atom. The van der Waals surface area contributed by atoms with Gasteiger partial charge in [-0.05, 0) is 51.4 Å². The first kappa shape index (κ1) is 73.6. The van der Waals surface area contributed by atoms with Gasteiger partial charge in [0.05, 0.1) is 25.4 Å². The summed E-state index contributed by atoms with van der Waals surface area (Å²) >= 11 is 0. The van der Waals surface area contributed by atoms with Gasteiger partial charge in [0, 0.05) is 12.8 Å².